The van der Waals surface area contributed by atoms with Crippen molar-refractivity contribution in [1.29, 1.82) is 0 Å². The van der Waals surface area contributed by atoms with Crippen LogP contribution in [0.2, 0.25) is 0 Å². The molecule has 0 atom stereocenters. The van der Waals surface area contributed by atoms with E-state index in [1.54, 1.807) is 6.21 Å². The first-order valence-corrected chi connectivity index (χ1v) is 7.18. The van der Waals surface area contributed by atoms with Gasteiger partial charge in [0.15, 0.2) is 0 Å². The average molecular weight is 342 g/mol. The third kappa shape index (κ3) is 3.38. The number of aromatic nitrogens is 2. The van der Waals surface area contributed by atoms with E-state index in [2.05, 4.69) is 30.9 Å². The summed E-state index contributed by atoms with van der Waals surface area (Å²) < 4.78 is 0.872. The summed E-state index contributed by atoms with van der Waals surface area (Å²) in [6.07, 6.45) is 3.72. The molecule has 4 nitrogen and oxygen atoms in total. The van der Waals surface area contributed by atoms with Gasteiger partial charge in [0.2, 0.25) is 0 Å². The van der Waals surface area contributed by atoms with Crippen molar-refractivity contribution in [3.05, 3.63) is 69.1 Å². The zero-order valence-corrected chi connectivity index (χ0v) is 12.6. The number of aromatic amines is 2. The second kappa shape index (κ2) is 5.93. The van der Waals surface area contributed by atoms with Crippen LogP contribution in [0.15, 0.2) is 62.8 Å². The highest BCUT2D eigenvalue weighted by molar-refractivity contribution is 9.12. The molecule has 2 aromatic carbocycles. The largest absolute Gasteiger partial charge is 0.323 e. The number of hydrogen-bond acceptors (Lipinski definition) is 2. The van der Waals surface area contributed by atoms with E-state index in [-0.39, 0.29) is 5.69 Å². The first kappa shape index (κ1) is 13.6. The Hall–Kier alpha value is -2.40. The summed E-state index contributed by atoms with van der Waals surface area (Å²) in [5.74, 6) is 0. The number of hydrogen-bond donors (Lipinski definition) is 2. The lowest BCUT2D eigenvalue weighted by Crippen LogP contribution is -1.99. The van der Waals surface area contributed by atoms with Crippen molar-refractivity contribution >= 4 is 44.9 Å². The number of nitrogens with one attached hydrogen (secondary N) is 2. The molecule has 0 aliphatic rings. The number of aliphatic imine (C=N–C) groups is 1. The molecule has 0 spiro atoms. The topological polar surface area (TPSA) is 61.0 Å². The third-order valence-corrected chi connectivity index (χ3v) is 3.37. The van der Waals surface area contributed by atoms with E-state index in [0.717, 1.165) is 26.8 Å². The van der Waals surface area contributed by atoms with Crippen LogP contribution in [0.1, 0.15) is 5.56 Å². The minimum atomic E-state index is -0.212. The van der Waals surface area contributed by atoms with E-state index in [1.165, 1.54) is 0 Å². The van der Waals surface area contributed by atoms with Gasteiger partial charge in [-0.25, -0.2) is 4.79 Å². The maximum atomic E-state index is 11.2. The quantitative estimate of drug-likeness (QED) is 0.695. The minimum absolute atomic E-state index is 0.212. The van der Waals surface area contributed by atoms with Crippen LogP contribution in [0.4, 0.5) is 5.69 Å². The van der Waals surface area contributed by atoms with Crippen LogP contribution >= 0.6 is 15.9 Å². The van der Waals surface area contributed by atoms with Gasteiger partial charge < -0.3 is 9.97 Å². The van der Waals surface area contributed by atoms with Crippen LogP contribution in [-0.4, -0.2) is 16.2 Å². The van der Waals surface area contributed by atoms with Gasteiger partial charge in [-0.3, -0.25) is 4.99 Å². The minimum Gasteiger partial charge on any atom is -0.306 e. The number of rotatable bonds is 3. The Labute approximate surface area is 129 Å². The average Bonchev–Trinajstić information content (AvgIpc) is 2.85. The number of nitrogens with zero attached hydrogens (tertiary/aromatic N) is 1. The van der Waals surface area contributed by atoms with Crippen LogP contribution < -0.4 is 5.69 Å². The standard InChI is InChI=1S/C16H12BrN3O/c17-12(8-11-4-2-1-3-5-11)10-18-13-6-7-14-15(9-13)20-16(21)19-14/h1-10H,(H2,19,20,21)/b12-8-,18-10?. The maximum Gasteiger partial charge on any atom is 0.323 e. The predicted molar refractivity (Wildman–Crippen MR) is 90.4 cm³/mol. The first-order chi connectivity index (χ1) is 10.2. The van der Waals surface area contributed by atoms with Crippen LogP contribution in [-0.2, 0) is 0 Å². The van der Waals surface area contributed by atoms with Crippen LogP contribution in [0, 0.1) is 0 Å². The van der Waals surface area contributed by atoms with Crippen molar-refractivity contribution < 1.29 is 0 Å². The molecule has 3 aromatic rings. The van der Waals surface area contributed by atoms with Crippen molar-refractivity contribution in [1.82, 2.24) is 9.97 Å². The summed E-state index contributed by atoms with van der Waals surface area (Å²) in [6, 6.07) is 15.5. The van der Waals surface area contributed by atoms with Crippen molar-refractivity contribution in [2.24, 2.45) is 4.99 Å². The number of allylic oxidation sites excluding steroid dienone is 1. The molecular weight excluding hydrogens is 330 g/mol. The SMILES string of the molecule is O=c1[nH]c2ccc(N=C/C(Br)=C/c3ccccc3)cc2[nH]1. The Bertz CT molecular complexity index is 875. The van der Waals surface area contributed by atoms with Gasteiger partial charge in [0.25, 0.3) is 0 Å². The van der Waals surface area contributed by atoms with Crippen LogP contribution in [0.3, 0.4) is 0 Å². The molecule has 5 heteroatoms. The van der Waals surface area contributed by atoms with Crippen molar-refractivity contribution in [2.75, 3.05) is 0 Å². The van der Waals surface area contributed by atoms with Gasteiger partial charge in [0.1, 0.15) is 0 Å². The molecule has 0 unspecified atom stereocenters. The predicted octanol–water partition coefficient (Wildman–Crippen LogP) is 3.99. The number of imidazole rings is 1. The molecule has 21 heavy (non-hydrogen) atoms. The van der Waals surface area contributed by atoms with E-state index in [1.807, 2.05) is 54.6 Å². The van der Waals surface area contributed by atoms with Gasteiger partial charge in [-0.05, 0) is 45.8 Å². The first-order valence-electron chi connectivity index (χ1n) is 6.39. The lowest BCUT2D eigenvalue weighted by atomic mass is 10.2. The van der Waals surface area contributed by atoms with Gasteiger partial charge in [0, 0.05) is 10.7 Å². The number of H-pyrrole nitrogens is 2. The zero-order valence-electron chi connectivity index (χ0n) is 11.0. The van der Waals surface area contributed by atoms with Gasteiger partial charge >= 0.3 is 5.69 Å². The smallest absolute Gasteiger partial charge is 0.306 e. The second-order valence-electron chi connectivity index (χ2n) is 4.51. The molecule has 0 radical (unpaired) electrons. The Morgan fingerprint density at radius 2 is 1.81 bits per heavy atom. The summed E-state index contributed by atoms with van der Waals surface area (Å²) >= 11 is 3.47. The third-order valence-electron chi connectivity index (χ3n) is 2.94. The van der Waals surface area contributed by atoms with Gasteiger partial charge in [0.05, 0.1) is 16.7 Å². The molecule has 0 saturated carbocycles. The molecule has 2 N–H and O–H groups in total. The van der Waals surface area contributed by atoms with Gasteiger partial charge in [-0.2, -0.15) is 0 Å². The number of benzene rings is 2. The molecule has 0 aliphatic heterocycles. The zero-order chi connectivity index (χ0) is 14.7. The van der Waals surface area contributed by atoms with Crippen LogP contribution in [0.5, 0.6) is 0 Å². The van der Waals surface area contributed by atoms with Crippen molar-refractivity contribution in [3.63, 3.8) is 0 Å². The Balaban J connectivity index is 1.83. The fourth-order valence-electron chi connectivity index (χ4n) is 1.98. The number of halogens is 1. The van der Waals surface area contributed by atoms with E-state index in [4.69, 9.17) is 0 Å². The maximum absolute atomic E-state index is 11.2. The van der Waals surface area contributed by atoms with E-state index < -0.39 is 0 Å². The van der Waals surface area contributed by atoms with Gasteiger partial charge in [-0.15, -0.1) is 0 Å². The molecule has 0 saturated heterocycles. The fourth-order valence-corrected chi connectivity index (χ4v) is 2.35. The Kier molecular flexibility index (Phi) is 3.83. The molecule has 0 amide bonds. The fraction of sp³-hybridized carbons (Fsp3) is 0. The Morgan fingerprint density at radius 3 is 2.62 bits per heavy atom. The second-order valence-corrected chi connectivity index (χ2v) is 5.42. The van der Waals surface area contributed by atoms with E-state index in [9.17, 15) is 4.79 Å². The Morgan fingerprint density at radius 1 is 1.05 bits per heavy atom. The lowest BCUT2D eigenvalue weighted by molar-refractivity contribution is 1.21. The highest BCUT2D eigenvalue weighted by Gasteiger charge is 1.98. The molecule has 0 fully saturated rings. The van der Waals surface area contributed by atoms with E-state index in [0.29, 0.717) is 0 Å². The summed E-state index contributed by atoms with van der Waals surface area (Å²) in [5, 5.41) is 0. The van der Waals surface area contributed by atoms with Gasteiger partial charge in [-0.1, -0.05) is 30.3 Å². The molecule has 0 aliphatic carbocycles. The monoisotopic (exact) mass is 341 g/mol. The highest BCUT2D eigenvalue weighted by atomic mass is 79.9. The molecule has 1 heterocycles. The lowest BCUT2D eigenvalue weighted by Gasteiger charge is -1.95. The molecule has 3 rings (SSSR count). The summed E-state index contributed by atoms with van der Waals surface area (Å²) in [6.45, 7) is 0. The molecule has 0 bridgehead atoms. The summed E-state index contributed by atoms with van der Waals surface area (Å²) in [7, 11) is 0. The normalized spacial score (nSPS) is 12.3. The highest BCUT2D eigenvalue weighted by Crippen LogP contribution is 2.18. The number of fused-ring (bicyclic) bond motifs is 1. The summed E-state index contributed by atoms with van der Waals surface area (Å²) in [5.41, 5.74) is 3.18. The molecule has 104 valence electrons. The van der Waals surface area contributed by atoms with Crippen molar-refractivity contribution in [3.8, 4) is 0 Å². The van der Waals surface area contributed by atoms with Crippen molar-refractivity contribution in [2.45, 2.75) is 0 Å². The summed E-state index contributed by atoms with van der Waals surface area (Å²) in [4.78, 5) is 21.0. The molecule has 1 aromatic heterocycles. The van der Waals surface area contributed by atoms with Crippen LogP contribution in [0.25, 0.3) is 17.1 Å². The van der Waals surface area contributed by atoms with E-state index >= 15 is 0 Å². The molecular formula is C16H12BrN3O.